The maximum atomic E-state index is 11.2. The molecule has 0 aliphatic heterocycles. The Morgan fingerprint density at radius 3 is 2.19 bits per heavy atom. The van der Waals surface area contributed by atoms with Crippen molar-refractivity contribution >= 4 is 37.5 Å². The second kappa shape index (κ2) is 9.40. The number of hydrogen-bond acceptors (Lipinski definition) is 10. The summed E-state index contributed by atoms with van der Waals surface area (Å²) in [6.07, 6.45) is 0.759. The number of phosphoric acid groups is 1. The second-order valence-corrected chi connectivity index (χ2v) is 7.09. The minimum absolute atomic E-state index is 0.0192. The molecule has 14 nitrogen and oxygen atoms in total. The number of phosphoric ester groups is 1. The lowest BCUT2D eigenvalue weighted by Crippen LogP contribution is -2.02. The molecule has 15 heteroatoms. The minimum Gasteiger partial charge on any atom is -0.505 e. The van der Waals surface area contributed by atoms with Gasteiger partial charge in [0.15, 0.2) is 5.82 Å². The Kier molecular flexibility index (Phi) is 7.15. The van der Waals surface area contributed by atoms with Gasteiger partial charge in [-0.2, -0.15) is 0 Å². The van der Waals surface area contributed by atoms with E-state index in [1.165, 1.54) is 6.92 Å². The molecule has 0 atom stereocenters. The van der Waals surface area contributed by atoms with Gasteiger partial charge in [0.05, 0.1) is 35.3 Å². The van der Waals surface area contributed by atoms with E-state index in [2.05, 4.69) is 24.9 Å². The Morgan fingerprint density at radius 1 is 1.13 bits per heavy atom. The highest BCUT2D eigenvalue weighted by Crippen LogP contribution is 2.40. The van der Waals surface area contributed by atoms with E-state index in [9.17, 15) is 19.3 Å². The van der Waals surface area contributed by atoms with Crippen LogP contribution in [-0.2, 0) is 15.7 Å². The predicted octanol–water partition coefficient (Wildman–Crippen LogP) is 2.32. The molecule has 0 saturated heterocycles. The number of pyridine rings is 1. The molecule has 0 bridgehead atoms. The van der Waals surface area contributed by atoms with Crippen molar-refractivity contribution in [1.82, 2.24) is 4.98 Å². The van der Waals surface area contributed by atoms with Crippen LogP contribution in [0.5, 0.6) is 5.75 Å². The fraction of sp³-hybridized carbons (Fsp3) is 0.125. The number of aromatic hydroxyl groups is 1. The Balaban J connectivity index is 2.62. The van der Waals surface area contributed by atoms with Crippen molar-refractivity contribution in [2.45, 2.75) is 13.5 Å². The van der Waals surface area contributed by atoms with Gasteiger partial charge in [0.25, 0.3) is 0 Å². The van der Waals surface area contributed by atoms with Crippen LogP contribution in [-0.4, -0.2) is 53.5 Å². The summed E-state index contributed by atoms with van der Waals surface area (Å²) in [6.45, 7) is 0.528. The SMILES string of the molecule is Cc1nc(N=Nc2cc(C(=O)O)cc(C(=O)O)c2)c(COP(=O)(O)O)c(C=NO)c1O. The number of azo groups is 1. The van der Waals surface area contributed by atoms with Gasteiger partial charge in [0.2, 0.25) is 0 Å². The number of nitrogens with zero attached hydrogens (tertiary/aromatic N) is 4. The average molecular weight is 454 g/mol. The molecule has 6 N–H and O–H groups in total. The quantitative estimate of drug-likeness (QED) is 0.111. The van der Waals surface area contributed by atoms with E-state index < -0.39 is 32.1 Å². The number of benzene rings is 1. The van der Waals surface area contributed by atoms with E-state index in [1.54, 1.807) is 0 Å². The lowest BCUT2D eigenvalue weighted by atomic mass is 10.1. The van der Waals surface area contributed by atoms with E-state index in [1.807, 2.05) is 0 Å². The van der Waals surface area contributed by atoms with Gasteiger partial charge in [-0.1, -0.05) is 5.16 Å². The number of carboxylic acids is 2. The third kappa shape index (κ3) is 6.13. The molecular weight excluding hydrogens is 439 g/mol. The molecule has 0 unspecified atom stereocenters. The van der Waals surface area contributed by atoms with E-state index in [-0.39, 0.29) is 39.5 Å². The van der Waals surface area contributed by atoms with E-state index >= 15 is 0 Å². The molecule has 0 aliphatic rings. The van der Waals surface area contributed by atoms with E-state index in [4.69, 9.17) is 25.2 Å². The van der Waals surface area contributed by atoms with Gasteiger partial charge in [-0.05, 0) is 25.1 Å². The van der Waals surface area contributed by atoms with Gasteiger partial charge in [-0.15, -0.1) is 10.2 Å². The molecular formula is C16H15N4O10P. The van der Waals surface area contributed by atoms with Crippen molar-refractivity contribution in [2.75, 3.05) is 0 Å². The zero-order valence-corrected chi connectivity index (χ0v) is 16.5. The summed E-state index contributed by atoms with van der Waals surface area (Å²) < 4.78 is 15.5. The molecule has 0 amide bonds. The summed E-state index contributed by atoms with van der Waals surface area (Å²) in [7, 11) is -4.95. The van der Waals surface area contributed by atoms with E-state index in [0.29, 0.717) is 0 Å². The zero-order valence-electron chi connectivity index (χ0n) is 15.6. The molecule has 0 radical (unpaired) electrons. The maximum absolute atomic E-state index is 11.2. The molecule has 0 spiro atoms. The van der Waals surface area contributed by atoms with Gasteiger partial charge in [-0.25, -0.2) is 19.1 Å². The highest BCUT2D eigenvalue weighted by Gasteiger charge is 2.21. The van der Waals surface area contributed by atoms with Crippen molar-refractivity contribution in [3.63, 3.8) is 0 Å². The second-order valence-electron chi connectivity index (χ2n) is 5.85. The van der Waals surface area contributed by atoms with Gasteiger partial charge < -0.3 is 30.3 Å². The highest BCUT2D eigenvalue weighted by molar-refractivity contribution is 7.46. The average Bonchev–Trinajstić information content (AvgIpc) is 2.68. The summed E-state index contributed by atoms with van der Waals surface area (Å²) in [5.41, 5.74) is -1.38. The number of aromatic nitrogens is 1. The Hall–Kier alpha value is -3.71. The number of carbonyl (C=O) groups is 2. The molecule has 164 valence electrons. The minimum atomic E-state index is -4.95. The van der Waals surface area contributed by atoms with Crippen LogP contribution in [0.1, 0.15) is 37.5 Å². The van der Waals surface area contributed by atoms with Crippen molar-refractivity contribution in [3.8, 4) is 5.75 Å². The van der Waals surface area contributed by atoms with Crippen LogP contribution in [0.15, 0.2) is 33.6 Å². The van der Waals surface area contributed by atoms with Crippen LogP contribution in [0.2, 0.25) is 0 Å². The van der Waals surface area contributed by atoms with Gasteiger partial charge in [0.1, 0.15) is 5.75 Å². The first kappa shape index (κ1) is 23.6. The largest absolute Gasteiger partial charge is 0.505 e. The summed E-state index contributed by atoms with van der Waals surface area (Å²) in [4.78, 5) is 44.2. The van der Waals surface area contributed by atoms with Crippen LogP contribution in [0.3, 0.4) is 0 Å². The Morgan fingerprint density at radius 2 is 1.71 bits per heavy atom. The number of aromatic carboxylic acids is 2. The smallest absolute Gasteiger partial charge is 0.469 e. The molecule has 2 aromatic rings. The van der Waals surface area contributed by atoms with Crippen LogP contribution in [0.25, 0.3) is 0 Å². The summed E-state index contributed by atoms with van der Waals surface area (Å²) in [6, 6.07) is 2.99. The van der Waals surface area contributed by atoms with Gasteiger partial charge in [-0.3, -0.25) is 4.52 Å². The predicted molar refractivity (Wildman–Crippen MR) is 101 cm³/mol. The number of oxime groups is 1. The lowest BCUT2D eigenvalue weighted by Gasteiger charge is -2.12. The highest BCUT2D eigenvalue weighted by atomic mass is 31.2. The number of hydrogen-bond donors (Lipinski definition) is 6. The van der Waals surface area contributed by atoms with E-state index in [0.717, 1.165) is 24.4 Å². The van der Waals surface area contributed by atoms with Gasteiger partial charge >= 0.3 is 19.8 Å². The van der Waals surface area contributed by atoms with Crippen molar-refractivity contribution in [3.05, 3.63) is 46.1 Å². The summed E-state index contributed by atoms with van der Waals surface area (Å²) >= 11 is 0. The van der Waals surface area contributed by atoms with Crippen molar-refractivity contribution < 1.29 is 49.0 Å². The summed E-state index contributed by atoms with van der Waals surface area (Å²) in [5, 5.41) is 47.5. The Bertz CT molecular complexity index is 1110. The lowest BCUT2D eigenvalue weighted by molar-refractivity contribution is 0.0696. The number of aryl methyl sites for hydroxylation is 1. The molecule has 1 aromatic heterocycles. The molecule has 1 aromatic carbocycles. The van der Waals surface area contributed by atoms with Crippen LogP contribution in [0.4, 0.5) is 11.5 Å². The summed E-state index contributed by atoms with van der Waals surface area (Å²) in [5.74, 6) is -3.62. The zero-order chi connectivity index (χ0) is 23.3. The third-order valence-corrected chi connectivity index (χ3v) is 4.17. The number of rotatable bonds is 8. The third-order valence-electron chi connectivity index (χ3n) is 3.70. The molecule has 0 aliphatic carbocycles. The van der Waals surface area contributed by atoms with Crippen molar-refractivity contribution in [2.24, 2.45) is 15.4 Å². The van der Waals surface area contributed by atoms with Crippen molar-refractivity contribution in [1.29, 1.82) is 0 Å². The fourth-order valence-corrected chi connectivity index (χ4v) is 2.63. The first-order valence-electron chi connectivity index (χ1n) is 8.06. The molecule has 2 rings (SSSR count). The normalized spacial score (nSPS) is 12.0. The number of carboxylic acid groups (broad SMARTS) is 2. The monoisotopic (exact) mass is 454 g/mol. The topological polar surface area (TPSA) is 232 Å². The van der Waals surface area contributed by atoms with Crippen LogP contribution < -0.4 is 0 Å². The first-order valence-corrected chi connectivity index (χ1v) is 9.59. The van der Waals surface area contributed by atoms with Crippen LogP contribution >= 0.6 is 7.82 Å². The fourth-order valence-electron chi connectivity index (χ4n) is 2.33. The molecule has 0 saturated carbocycles. The maximum Gasteiger partial charge on any atom is 0.469 e. The van der Waals surface area contributed by atoms with Crippen LogP contribution in [0, 0.1) is 6.92 Å². The molecule has 31 heavy (non-hydrogen) atoms. The first-order chi connectivity index (χ1) is 14.4. The standard InChI is InChI=1S/C16H15N4O10P/c1-7-13(21)11(5-17-26)12(6-30-31(27,28)29)14(18-7)20-19-10-3-8(15(22)23)2-9(4-10)16(24)25/h2-5,21,26H,6H2,1H3,(H,22,23)(H,24,25)(H2,27,28,29). The van der Waals surface area contributed by atoms with Gasteiger partial charge in [0, 0.05) is 11.1 Å². The Labute approximate surface area is 173 Å². The molecule has 1 heterocycles. The molecule has 0 fully saturated rings.